The predicted molar refractivity (Wildman–Crippen MR) is 56.6 cm³/mol. The summed E-state index contributed by atoms with van der Waals surface area (Å²) in [4.78, 5) is 4.19. The molecule has 78 valence electrons. The quantitative estimate of drug-likeness (QED) is 0.768. The molecule has 1 atom stereocenters. The van der Waals surface area contributed by atoms with Crippen LogP contribution in [0.1, 0.15) is 23.3 Å². The third-order valence-electron chi connectivity index (χ3n) is 2.15. The average Bonchev–Trinajstić information content (AvgIpc) is 2.68. The molecule has 1 aromatic carbocycles. The number of aromatic nitrogens is 2. The molecule has 1 heterocycles. The molecule has 0 aliphatic rings. The Morgan fingerprint density at radius 1 is 1.27 bits per heavy atom. The third kappa shape index (κ3) is 2.05. The Balaban J connectivity index is 2.33. The van der Waals surface area contributed by atoms with Gasteiger partial charge in [-0.3, -0.25) is 0 Å². The van der Waals surface area contributed by atoms with E-state index in [1.54, 1.807) is 14.0 Å². The van der Waals surface area contributed by atoms with E-state index in [0.717, 1.165) is 5.56 Å². The van der Waals surface area contributed by atoms with E-state index in [0.29, 0.717) is 11.7 Å². The minimum Gasteiger partial charge on any atom is -0.651 e. The predicted octanol–water partition coefficient (Wildman–Crippen LogP) is 2.47. The topological polar surface area (TPSA) is 53.0 Å². The van der Waals surface area contributed by atoms with Crippen LogP contribution in [0.4, 0.5) is 0 Å². The van der Waals surface area contributed by atoms with Gasteiger partial charge in [-0.05, 0) is 13.0 Å². The molecule has 0 bridgehead atoms. The number of rotatable bonds is 3. The summed E-state index contributed by atoms with van der Waals surface area (Å²) in [7, 11) is 1.75. The molecule has 4 heteroatoms. The van der Waals surface area contributed by atoms with E-state index < -0.39 is 0 Å². The number of nitrogens with zero attached hydrogens (tertiary/aromatic N) is 3. The van der Waals surface area contributed by atoms with E-state index in [9.17, 15) is 0 Å². The summed E-state index contributed by atoms with van der Waals surface area (Å²) >= 11 is 0. The van der Waals surface area contributed by atoms with Crippen LogP contribution >= 0.6 is 0 Å². The molecule has 2 rings (SSSR count). The van der Waals surface area contributed by atoms with Gasteiger partial charge in [0.25, 0.3) is 0 Å². The normalized spacial score (nSPS) is 12.7. The van der Waals surface area contributed by atoms with Crippen LogP contribution in [0.2, 0.25) is 0 Å². The molecule has 4 nitrogen and oxygen atoms in total. The molecule has 2 aromatic rings. The van der Waals surface area contributed by atoms with Crippen LogP contribution in [-0.4, -0.2) is 17.2 Å². The highest BCUT2D eigenvalue weighted by Crippen LogP contribution is 2.26. The number of benzene rings is 1. The van der Waals surface area contributed by atoms with E-state index in [-0.39, 0.29) is 6.04 Å². The molecular formula is C11H12N3O-. The first-order valence-corrected chi connectivity index (χ1v) is 4.75. The van der Waals surface area contributed by atoms with Gasteiger partial charge in [-0.2, -0.15) is 12.0 Å². The van der Waals surface area contributed by atoms with E-state index in [1.165, 1.54) is 0 Å². The van der Waals surface area contributed by atoms with Gasteiger partial charge in [0, 0.05) is 0 Å². The highest BCUT2D eigenvalue weighted by molar-refractivity contribution is 5.28. The summed E-state index contributed by atoms with van der Waals surface area (Å²) < 4.78 is 5.12. The van der Waals surface area contributed by atoms with Crippen molar-refractivity contribution in [3.05, 3.63) is 52.9 Å². The van der Waals surface area contributed by atoms with Gasteiger partial charge in [0.2, 0.25) is 5.89 Å². The molecule has 0 fully saturated rings. The molecule has 1 aromatic heterocycles. The highest BCUT2D eigenvalue weighted by atomic mass is 16.5. The fourth-order valence-corrected chi connectivity index (χ4v) is 1.46. The van der Waals surface area contributed by atoms with Gasteiger partial charge in [0.05, 0.1) is 0 Å². The molecule has 0 aliphatic carbocycles. The third-order valence-corrected chi connectivity index (χ3v) is 2.15. The van der Waals surface area contributed by atoms with Gasteiger partial charge < -0.3 is 9.84 Å². The first kappa shape index (κ1) is 9.86. The second-order valence-corrected chi connectivity index (χ2v) is 3.25. The summed E-state index contributed by atoms with van der Waals surface area (Å²) in [5, 5.41) is 8.01. The van der Waals surface area contributed by atoms with Gasteiger partial charge in [0.15, 0.2) is 5.82 Å². The Labute approximate surface area is 88.3 Å². The lowest BCUT2D eigenvalue weighted by molar-refractivity contribution is 0.371. The molecule has 0 spiro atoms. The minimum atomic E-state index is -0.160. The molecule has 0 N–H and O–H groups in total. The summed E-state index contributed by atoms with van der Waals surface area (Å²) in [6.07, 6.45) is 0. The van der Waals surface area contributed by atoms with E-state index in [4.69, 9.17) is 4.52 Å². The standard InChI is InChI=1S/C11H12N3O/c1-8-13-11(15-14-8)10(12-2)9-6-4-3-5-7-9/h3-7,10H,1-2H3/q-1. The lowest BCUT2D eigenvalue weighted by Gasteiger charge is -2.23. The molecule has 0 radical (unpaired) electrons. The minimum absolute atomic E-state index is 0.160. The Morgan fingerprint density at radius 3 is 2.53 bits per heavy atom. The number of hydrogen-bond acceptors (Lipinski definition) is 3. The van der Waals surface area contributed by atoms with Crippen molar-refractivity contribution in [1.82, 2.24) is 10.1 Å². The van der Waals surface area contributed by atoms with E-state index >= 15 is 0 Å². The Morgan fingerprint density at radius 2 is 2.00 bits per heavy atom. The second-order valence-electron chi connectivity index (χ2n) is 3.25. The maximum Gasteiger partial charge on any atom is 0.213 e. The molecular weight excluding hydrogens is 190 g/mol. The number of aryl methyl sites for hydroxylation is 1. The summed E-state index contributed by atoms with van der Waals surface area (Å²) in [6.45, 7) is 1.80. The van der Waals surface area contributed by atoms with Crippen molar-refractivity contribution in [3.8, 4) is 0 Å². The van der Waals surface area contributed by atoms with Crippen molar-refractivity contribution in [1.29, 1.82) is 0 Å². The van der Waals surface area contributed by atoms with Gasteiger partial charge in [0.1, 0.15) is 0 Å². The zero-order valence-corrected chi connectivity index (χ0v) is 8.71. The van der Waals surface area contributed by atoms with Gasteiger partial charge in [-0.1, -0.05) is 41.1 Å². The van der Waals surface area contributed by atoms with Crippen LogP contribution in [0, 0.1) is 6.92 Å². The molecule has 15 heavy (non-hydrogen) atoms. The largest absolute Gasteiger partial charge is 0.651 e. The van der Waals surface area contributed by atoms with Crippen molar-refractivity contribution in [2.24, 2.45) is 0 Å². The molecule has 0 aliphatic heterocycles. The summed E-state index contributed by atoms with van der Waals surface area (Å²) in [5.41, 5.74) is 1.06. The second kappa shape index (κ2) is 4.23. The fourth-order valence-electron chi connectivity index (χ4n) is 1.46. The average molecular weight is 202 g/mol. The smallest absolute Gasteiger partial charge is 0.213 e. The first-order valence-electron chi connectivity index (χ1n) is 4.75. The SMILES string of the molecule is C[N-]C(c1ccccc1)c1nc(C)no1. The molecule has 0 saturated carbocycles. The fraction of sp³-hybridized carbons (Fsp3) is 0.273. The van der Waals surface area contributed by atoms with E-state index in [1.807, 2.05) is 30.3 Å². The Hall–Kier alpha value is -1.68. The van der Waals surface area contributed by atoms with Crippen LogP contribution in [-0.2, 0) is 0 Å². The van der Waals surface area contributed by atoms with Gasteiger partial charge in [-0.15, -0.1) is 0 Å². The zero-order chi connectivity index (χ0) is 10.7. The molecule has 1 unspecified atom stereocenters. The van der Waals surface area contributed by atoms with Gasteiger partial charge in [-0.25, -0.2) is 0 Å². The van der Waals surface area contributed by atoms with Crippen LogP contribution in [0.3, 0.4) is 0 Å². The maximum absolute atomic E-state index is 5.12. The van der Waals surface area contributed by atoms with Crippen molar-refractivity contribution in [2.75, 3.05) is 7.05 Å². The lowest BCUT2D eigenvalue weighted by Crippen LogP contribution is -1.99. The van der Waals surface area contributed by atoms with Crippen molar-refractivity contribution in [2.45, 2.75) is 13.0 Å². The highest BCUT2D eigenvalue weighted by Gasteiger charge is 2.10. The van der Waals surface area contributed by atoms with Crippen molar-refractivity contribution in [3.63, 3.8) is 0 Å². The summed E-state index contributed by atoms with van der Waals surface area (Å²) in [5.74, 6) is 1.18. The van der Waals surface area contributed by atoms with Crippen molar-refractivity contribution < 1.29 is 4.52 Å². The Kier molecular flexibility index (Phi) is 2.78. The number of hydrogen-bond donors (Lipinski definition) is 0. The Bertz CT molecular complexity index is 424. The maximum atomic E-state index is 5.12. The zero-order valence-electron chi connectivity index (χ0n) is 8.71. The van der Waals surface area contributed by atoms with E-state index in [2.05, 4.69) is 15.5 Å². The first-order chi connectivity index (χ1) is 7.31. The molecule has 0 saturated heterocycles. The lowest BCUT2D eigenvalue weighted by atomic mass is 10.1. The van der Waals surface area contributed by atoms with Gasteiger partial charge >= 0.3 is 0 Å². The monoisotopic (exact) mass is 202 g/mol. The van der Waals surface area contributed by atoms with Crippen molar-refractivity contribution >= 4 is 0 Å². The van der Waals surface area contributed by atoms with Crippen LogP contribution in [0.5, 0.6) is 0 Å². The van der Waals surface area contributed by atoms with Crippen LogP contribution in [0.25, 0.3) is 5.32 Å². The van der Waals surface area contributed by atoms with Crippen LogP contribution < -0.4 is 0 Å². The summed E-state index contributed by atoms with van der Waals surface area (Å²) in [6, 6.07) is 9.74. The van der Waals surface area contributed by atoms with Crippen LogP contribution in [0.15, 0.2) is 34.9 Å². The molecule has 0 amide bonds.